The van der Waals surface area contributed by atoms with E-state index in [1.807, 2.05) is 30.3 Å². The second-order valence-electron chi connectivity index (χ2n) is 9.19. The molecule has 1 aromatic heterocycles. The molecule has 0 saturated heterocycles. The zero-order valence-corrected chi connectivity index (χ0v) is 19.1. The van der Waals surface area contributed by atoms with E-state index in [9.17, 15) is 4.79 Å². The summed E-state index contributed by atoms with van der Waals surface area (Å²) in [4.78, 5) is 23.3. The summed E-state index contributed by atoms with van der Waals surface area (Å²) in [6, 6.07) is 21.0. The number of nitrogens with one attached hydrogen (secondary N) is 2. The minimum Gasteiger partial charge on any atom is -0.374 e. The molecule has 2 N–H and O–H groups in total. The van der Waals surface area contributed by atoms with Crippen molar-refractivity contribution in [3.8, 4) is 0 Å². The number of fused-ring (bicyclic) bond motifs is 3. The minimum atomic E-state index is -0.145. The number of anilines is 3. The lowest BCUT2D eigenvalue weighted by Crippen LogP contribution is -2.33. The second-order valence-corrected chi connectivity index (χ2v) is 9.19. The van der Waals surface area contributed by atoms with Gasteiger partial charge < -0.3 is 15.2 Å². The molecule has 5 heteroatoms. The molecule has 2 aliphatic rings. The van der Waals surface area contributed by atoms with E-state index in [0.717, 1.165) is 53.8 Å². The van der Waals surface area contributed by atoms with Crippen LogP contribution >= 0.6 is 0 Å². The first-order valence-corrected chi connectivity index (χ1v) is 11.9. The van der Waals surface area contributed by atoms with Crippen LogP contribution in [0, 0.1) is 0 Å². The van der Waals surface area contributed by atoms with Crippen molar-refractivity contribution < 1.29 is 0 Å². The van der Waals surface area contributed by atoms with E-state index < -0.39 is 0 Å². The summed E-state index contributed by atoms with van der Waals surface area (Å²) in [7, 11) is 0. The van der Waals surface area contributed by atoms with Crippen molar-refractivity contribution in [3.63, 3.8) is 0 Å². The number of hydrogen-bond donors (Lipinski definition) is 2. The van der Waals surface area contributed by atoms with Crippen LogP contribution in [-0.2, 0) is 18.4 Å². The van der Waals surface area contributed by atoms with Gasteiger partial charge in [-0.1, -0.05) is 62.4 Å². The summed E-state index contributed by atoms with van der Waals surface area (Å²) < 4.78 is 0. The molecule has 2 aliphatic heterocycles. The van der Waals surface area contributed by atoms with Crippen molar-refractivity contribution in [2.24, 2.45) is 0 Å². The fourth-order valence-corrected chi connectivity index (χ4v) is 5.61. The Bertz CT molecular complexity index is 1420. The molecule has 0 spiro atoms. The smallest absolute Gasteiger partial charge is 0.270 e. The van der Waals surface area contributed by atoms with Gasteiger partial charge in [0.25, 0.3) is 5.56 Å². The Labute approximate surface area is 193 Å². The van der Waals surface area contributed by atoms with Gasteiger partial charge in [0.05, 0.1) is 33.6 Å². The number of aromatic nitrogens is 2. The largest absolute Gasteiger partial charge is 0.374 e. The maximum Gasteiger partial charge on any atom is 0.270 e. The number of H-pyrrole nitrogens is 1. The molecule has 6 rings (SSSR count). The Balaban J connectivity index is 1.54. The van der Waals surface area contributed by atoms with E-state index in [4.69, 9.17) is 4.98 Å². The zero-order chi connectivity index (χ0) is 22.6. The molecule has 0 atom stereocenters. The fraction of sp³-hybridized carbons (Fsp3) is 0.286. The third-order valence-corrected chi connectivity index (χ3v) is 7.48. The fourth-order valence-electron chi connectivity index (χ4n) is 5.61. The van der Waals surface area contributed by atoms with Gasteiger partial charge in [-0.15, -0.1) is 0 Å². The molecule has 0 amide bonds. The molecule has 0 saturated carbocycles. The summed E-state index contributed by atoms with van der Waals surface area (Å²) in [5.41, 5.74) is 9.29. The summed E-state index contributed by atoms with van der Waals surface area (Å²) in [6.07, 6.45) is 3.53. The van der Waals surface area contributed by atoms with Gasteiger partial charge in [0.2, 0.25) is 0 Å². The molecule has 33 heavy (non-hydrogen) atoms. The van der Waals surface area contributed by atoms with E-state index in [-0.39, 0.29) is 11.1 Å². The summed E-state index contributed by atoms with van der Waals surface area (Å²) in [5, 5.41) is 3.89. The van der Waals surface area contributed by atoms with Crippen molar-refractivity contribution in [3.05, 3.63) is 93.4 Å². The van der Waals surface area contributed by atoms with Crippen LogP contribution in [0.3, 0.4) is 0 Å². The number of aromatic amines is 1. The molecule has 0 bridgehead atoms. The zero-order valence-electron chi connectivity index (χ0n) is 19.1. The first-order valence-electron chi connectivity index (χ1n) is 11.9. The van der Waals surface area contributed by atoms with Crippen molar-refractivity contribution in [1.82, 2.24) is 9.97 Å². The maximum absolute atomic E-state index is 12.9. The molecule has 3 aromatic carbocycles. The predicted octanol–water partition coefficient (Wildman–Crippen LogP) is 5.65. The summed E-state index contributed by atoms with van der Waals surface area (Å²) >= 11 is 0. The van der Waals surface area contributed by atoms with Crippen LogP contribution in [0.15, 0.2) is 65.5 Å². The molecule has 0 unspecified atom stereocenters. The molecular weight excluding hydrogens is 408 g/mol. The van der Waals surface area contributed by atoms with E-state index in [0.29, 0.717) is 12.1 Å². The standard InChI is InChI=1S/C28H28N4O/c1-3-28(4-2)20-12-8-11-19-13-14-32(26(19)20)25-17-22-21(16-23(25)31-28)30-27(33)24(29-22)15-18-9-6-5-7-10-18/h5-12,16-17,31H,3-4,13-15H2,1-2H3,(H,30,33). The van der Waals surface area contributed by atoms with Crippen LogP contribution in [0.1, 0.15) is 49.1 Å². The van der Waals surface area contributed by atoms with Crippen LogP contribution in [0.25, 0.3) is 11.0 Å². The first kappa shape index (κ1) is 20.0. The SMILES string of the molecule is CCC1(CC)Nc2cc3[nH]c(=O)c(Cc4ccccc4)nc3cc2N2CCc3cccc1c32. The van der Waals surface area contributed by atoms with Gasteiger partial charge in [-0.3, -0.25) is 4.79 Å². The van der Waals surface area contributed by atoms with Gasteiger partial charge in [0, 0.05) is 18.5 Å². The number of hydrogen-bond acceptors (Lipinski definition) is 4. The Morgan fingerprint density at radius 1 is 1.03 bits per heavy atom. The van der Waals surface area contributed by atoms with Crippen molar-refractivity contribution in [1.29, 1.82) is 0 Å². The second kappa shape index (κ2) is 7.48. The highest BCUT2D eigenvalue weighted by Gasteiger charge is 2.39. The average Bonchev–Trinajstić information content (AvgIpc) is 3.23. The number of para-hydroxylation sites is 1. The maximum atomic E-state index is 12.9. The quantitative estimate of drug-likeness (QED) is 0.434. The van der Waals surface area contributed by atoms with E-state index >= 15 is 0 Å². The molecule has 0 radical (unpaired) electrons. The Morgan fingerprint density at radius 3 is 2.64 bits per heavy atom. The molecule has 0 aliphatic carbocycles. The highest BCUT2D eigenvalue weighted by atomic mass is 16.1. The van der Waals surface area contributed by atoms with Crippen LogP contribution in [-0.4, -0.2) is 16.5 Å². The van der Waals surface area contributed by atoms with Gasteiger partial charge in [-0.2, -0.15) is 0 Å². The number of nitrogens with zero attached hydrogens (tertiary/aromatic N) is 2. The van der Waals surface area contributed by atoms with Crippen LogP contribution in [0.4, 0.5) is 17.1 Å². The minimum absolute atomic E-state index is 0.121. The van der Waals surface area contributed by atoms with E-state index in [1.165, 1.54) is 16.8 Å². The monoisotopic (exact) mass is 436 g/mol. The van der Waals surface area contributed by atoms with Gasteiger partial charge in [-0.25, -0.2) is 4.98 Å². The van der Waals surface area contributed by atoms with Crippen molar-refractivity contribution in [2.75, 3.05) is 16.8 Å². The third kappa shape index (κ3) is 3.06. The van der Waals surface area contributed by atoms with Gasteiger partial charge in [0.15, 0.2) is 0 Å². The summed E-state index contributed by atoms with van der Waals surface area (Å²) in [5.74, 6) is 0. The van der Waals surface area contributed by atoms with Crippen LogP contribution in [0.2, 0.25) is 0 Å². The molecule has 5 nitrogen and oxygen atoms in total. The predicted molar refractivity (Wildman–Crippen MR) is 135 cm³/mol. The summed E-state index contributed by atoms with van der Waals surface area (Å²) in [6.45, 7) is 5.46. The normalized spacial score (nSPS) is 15.6. The highest BCUT2D eigenvalue weighted by Crippen LogP contribution is 2.51. The number of rotatable bonds is 4. The lowest BCUT2D eigenvalue weighted by Gasteiger charge is -2.34. The molecule has 166 valence electrons. The molecule has 4 aromatic rings. The third-order valence-electron chi connectivity index (χ3n) is 7.48. The van der Waals surface area contributed by atoms with Crippen molar-refractivity contribution in [2.45, 2.75) is 45.1 Å². The van der Waals surface area contributed by atoms with Gasteiger partial charge in [0.1, 0.15) is 5.69 Å². The Morgan fingerprint density at radius 2 is 1.85 bits per heavy atom. The van der Waals surface area contributed by atoms with E-state index in [1.54, 1.807) is 0 Å². The van der Waals surface area contributed by atoms with Crippen LogP contribution in [0.5, 0.6) is 0 Å². The van der Waals surface area contributed by atoms with Gasteiger partial charge in [-0.05, 0) is 42.5 Å². The topological polar surface area (TPSA) is 61.0 Å². The molecule has 0 fully saturated rings. The Hall–Kier alpha value is -3.60. The number of benzene rings is 3. The highest BCUT2D eigenvalue weighted by molar-refractivity contribution is 5.93. The first-order chi connectivity index (χ1) is 16.1. The molecular formula is C28H28N4O. The Kier molecular flexibility index (Phi) is 4.54. The van der Waals surface area contributed by atoms with Crippen molar-refractivity contribution >= 4 is 28.1 Å². The van der Waals surface area contributed by atoms with E-state index in [2.05, 4.69) is 59.4 Å². The lowest BCUT2D eigenvalue weighted by atomic mass is 9.82. The van der Waals surface area contributed by atoms with Gasteiger partial charge >= 0.3 is 0 Å². The molecule has 3 heterocycles. The average molecular weight is 437 g/mol. The van der Waals surface area contributed by atoms with Crippen LogP contribution < -0.4 is 15.8 Å². The lowest BCUT2D eigenvalue weighted by molar-refractivity contribution is 0.457.